The summed E-state index contributed by atoms with van der Waals surface area (Å²) in [4.78, 5) is 16.2. The normalized spacial score (nSPS) is 18.5. The summed E-state index contributed by atoms with van der Waals surface area (Å²) in [6.45, 7) is 8.39. The second kappa shape index (κ2) is 8.45. The summed E-state index contributed by atoms with van der Waals surface area (Å²) in [5.74, 6) is 0.863. The molecule has 0 aliphatic carbocycles. The van der Waals surface area contributed by atoms with Crippen LogP contribution in [0.3, 0.4) is 0 Å². The Bertz CT molecular complexity index is 855. The molecule has 156 valence electrons. The molecule has 2 saturated heterocycles. The number of benzene rings is 1. The van der Waals surface area contributed by atoms with Gasteiger partial charge in [-0.15, -0.1) is 0 Å². The molecule has 0 spiro atoms. The highest BCUT2D eigenvalue weighted by molar-refractivity contribution is 5.70. The van der Waals surface area contributed by atoms with E-state index in [9.17, 15) is 4.79 Å². The molecule has 0 saturated carbocycles. The van der Waals surface area contributed by atoms with Gasteiger partial charge in [-0.05, 0) is 50.5 Å². The molecule has 1 aromatic carbocycles. The van der Waals surface area contributed by atoms with Crippen LogP contribution in [0.4, 0.5) is 4.79 Å². The Morgan fingerprint density at radius 3 is 2.66 bits per heavy atom. The van der Waals surface area contributed by atoms with Crippen LogP contribution in [0, 0.1) is 0 Å². The SMILES string of the molecule is COc1ccc(CN2CCC(N3CCOC3=O)CC2)cc1-c1ccnn1C(C)C. The average molecular weight is 399 g/mol. The summed E-state index contributed by atoms with van der Waals surface area (Å²) in [7, 11) is 1.71. The molecule has 2 fully saturated rings. The number of carbonyl (C=O) groups is 1. The molecule has 0 bridgehead atoms. The van der Waals surface area contributed by atoms with E-state index < -0.39 is 0 Å². The van der Waals surface area contributed by atoms with Gasteiger partial charge in [0.05, 0.1) is 19.3 Å². The van der Waals surface area contributed by atoms with Crippen molar-refractivity contribution < 1.29 is 14.3 Å². The van der Waals surface area contributed by atoms with Gasteiger partial charge >= 0.3 is 6.09 Å². The minimum atomic E-state index is -0.148. The largest absolute Gasteiger partial charge is 0.496 e. The van der Waals surface area contributed by atoms with Gasteiger partial charge in [0.1, 0.15) is 12.4 Å². The number of aromatic nitrogens is 2. The van der Waals surface area contributed by atoms with Crippen LogP contribution in [0.5, 0.6) is 5.75 Å². The molecule has 7 nitrogen and oxygen atoms in total. The molecule has 3 heterocycles. The lowest BCUT2D eigenvalue weighted by Crippen LogP contribution is -2.45. The first kappa shape index (κ1) is 19.8. The lowest BCUT2D eigenvalue weighted by molar-refractivity contribution is 0.115. The molecule has 0 unspecified atom stereocenters. The highest BCUT2D eigenvalue weighted by Gasteiger charge is 2.32. The van der Waals surface area contributed by atoms with Crippen molar-refractivity contribution in [3.8, 4) is 17.0 Å². The Hall–Kier alpha value is -2.54. The second-order valence-corrected chi connectivity index (χ2v) is 8.10. The topological polar surface area (TPSA) is 59.8 Å². The second-order valence-electron chi connectivity index (χ2n) is 8.10. The molecule has 1 amide bonds. The number of likely N-dealkylation sites (tertiary alicyclic amines) is 1. The Morgan fingerprint density at radius 2 is 2.00 bits per heavy atom. The van der Waals surface area contributed by atoms with Crippen LogP contribution in [-0.4, -0.2) is 65.1 Å². The zero-order valence-corrected chi connectivity index (χ0v) is 17.5. The van der Waals surface area contributed by atoms with Crippen LogP contribution in [0.15, 0.2) is 30.5 Å². The quantitative estimate of drug-likeness (QED) is 0.745. The van der Waals surface area contributed by atoms with Gasteiger partial charge in [-0.25, -0.2) is 4.79 Å². The van der Waals surface area contributed by atoms with Crippen molar-refractivity contribution in [2.24, 2.45) is 0 Å². The predicted octanol–water partition coefficient (Wildman–Crippen LogP) is 3.56. The molecule has 7 heteroatoms. The van der Waals surface area contributed by atoms with Gasteiger partial charge in [-0.2, -0.15) is 5.10 Å². The minimum Gasteiger partial charge on any atom is -0.496 e. The highest BCUT2D eigenvalue weighted by atomic mass is 16.6. The third-order valence-corrected chi connectivity index (χ3v) is 5.90. The van der Waals surface area contributed by atoms with E-state index in [1.807, 2.05) is 21.8 Å². The highest BCUT2D eigenvalue weighted by Crippen LogP contribution is 2.33. The minimum absolute atomic E-state index is 0.148. The summed E-state index contributed by atoms with van der Waals surface area (Å²) in [5.41, 5.74) is 3.41. The molecular formula is C22H30N4O3. The van der Waals surface area contributed by atoms with E-state index in [-0.39, 0.29) is 12.1 Å². The first-order valence-corrected chi connectivity index (χ1v) is 10.4. The Kier molecular flexibility index (Phi) is 5.76. The zero-order chi connectivity index (χ0) is 20.4. The van der Waals surface area contributed by atoms with Gasteiger partial charge < -0.3 is 14.4 Å². The van der Waals surface area contributed by atoms with Crippen molar-refractivity contribution in [3.63, 3.8) is 0 Å². The van der Waals surface area contributed by atoms with E-state index in [1.54, 1.807) is 7.11 Å². The molecule has 2 aliphatic heterocycles. The summed E-state index contributed by atoms with van der Waals surface area (Å²) in [5, 5.41) is 4.47. The number of cyclic esters (lactones) is 1. The van der Waals surface area contributed by atoms with Crippen LogP contribution < -0.4 is 4.74 Å². The average Bonchev–Trinajstić information content (AvgIpc) is 3.38. The maximum Gasteiger partial charge on any atom is 0.410 e. The number of hydrogen-bond donors (Lipinski definition) is 0. The number of nitrogens with zero attached hydrogens (tertiary/aromatic N) is 4. The van der Waals surface area contributed by atoms with Crippen molar-refractivity contribution in [2.75, 3.05) is 33.4 Å². The third kappa shape index (κ3) is 4.10. The fraction of sp³-hybridized carbons (Fsp3) is 0.545. The summed E-state index contributed by atoms with van der Waals surface area (Å²) >= 11 is 0. The van der Waals surface area contributed by atoms with Gasteiger partial charge in [0.25, 0.3) is 0 Å². The smallest absolute Gasteiger partial charge is 0.410 e. The van der Waals surface area contributed by atoms with Gasteiger partial charge in [0, 0.05) is 43.5 Å². The third-order valence-electron chi connectivity index (χ3n) is 5.90. The Morgan fingerprint density at radius 1 is 1.21 bits per heavy atom. The molecule has 1 aromatic heterocycles. The lowest BCUT2D eigenvalue weighted by atomic mass is 10.0. The van der Waals surface area contributed by atoms with E-state index in [2.05, 4.69) is 42.0 Å². The van der Waals surface area contributed by atoms with E-state index in [1.165, 1.54) is 5.56 Å². The van der Waals surface area contributed by atoms with Crippen LogP contribution >= 0.6 is 0 Å². The maximum absolute atomic E-state index is 11.8. The number of rotatable bonds is 6. The fourth-order valence-electron chi connectivity index (χ4n) is 4.38. The number of methoxy groups -OCH3 is 1. The van der Waals surface area contributed by atoms with E-state index >= 15 is 0 Å². The van der Waals surface area contributed by atoms with Gasteiger partial charge in [-0.1, -0.05) is 6.07 Å². The molecule has 4 rings (SSSR count). The number of ether oxygens (including phenoxy) is 2. The Labute approximate surface area is 172 Å². The molecule has 0 radical (unpaired) electrons. The first-order chi connectivity index (χ1) is 14.1. The van der Waals surface area contributed by atoms with Crippen molar-refractivity contribution in [1.82, 2.24) is 19.6 Å². The molecule has 0 atom stereocenters. The fourth-order valence-corrected chi connectivity index (χ4v) is 4.38. The number of amides is 1. The number of carbonyl (C=O) groups excluding carboxylic acids is 1. The summed E-state index contributed by atoms with van der Waals surface area (Å²) in [6, 6.07) is 9.05. The van der Waals surface area contributed by atoms with E-state index in [0.29, 0.717) is 12.6 Å². The lowest BCUT2D eigenvalue weighted by Gasteiger charge is -2.35. The van der Waals surface area contributed by atoms with Crippen LogP contribution in [0.1, 0.15) is 38.3 Å². The molecular weight excluding hydrogens is 368 g/mol. The van der Waals surface area contributed by atoms with E-state index in [0.717, 1.165) is 56.0 Å². The Balaban J connectivity index is 1.46. The molecule has 2 aromatic rings. The summed E-state index contributed by atoms with van der Waals surface area (Å²) in [6.07, 6.45) is 3.69. The van der Waals surface area contributed by atoms with Crippen molar-refractivity contribution in [2.45, 2.75) is 45.3 Å². The number of hydrogen-bond acceptors (Lipinski definition) is 5. The first-order valence-electron chi connectivity index (χ1n) is 10.4. The maximum atomic E-state index is 11.8. The number of piperidine rings is 1. The monoisotopic (exact) mass is 398 g/mol. The van der Waals surface area contributed by atoms with Crippen LogP contribution in [0.25, 0.3) is 11.3 Å². The van der Waals surface area contributed by atoms with Crippen molar-refractivity contribution in [1.29, 1.82) is 0 Å². The van der Waals surface area contributed by atoms with Crippen molar-refractivity contribution in [3.05, 3.63) is 36.0 Å². The van der Waals surface area contributed by atoms with Crippen LogP contribution in [0.2, 0.25) is 0 Å². The summed E-state index contributed by atoms with van der Waals surface area (Å²) < 4.78 is 12.7. The predicted molar refractivity (Wildman–Crippen MR) is 111 cm³/mol. The molecule has 0 N–H and O–H groups in total. The molecule has 29 heavy (non-hydrogen) atoms. The molecule has 2 aliphatic rings. The van der Waals surface area contributed by atoms with Gasteiger partial charge in [-0.3, -0.25) is 9.58 Å². The van der Waals surface area contributed by atoms with E-state index in [4.69, 9.17) is 9.47 Å². The van der Waals surface area contributed by atoms with Crippen LogP contribution in [-0.2, 0) is 11.3 Å². The standard InChI is InChI=1S/C22H30N4O3/c1-16(2)26-20(6-9-23-26)19-14-17(4-5-21(19)28-3)15-24-10-7-18(8-11-24)25-12-13-29-22(25)27/h4-6,9,14,16,18H,7-8,10-13,15H2,1-3H3. The van der Waals surface area contributed by atoms with Gasteiger partial charge in [0.2, 0.25) is 0 Å². The zero-order valence-electron chi connectivity index (χ0n) is 17.5. The van der Waals surface area contributed by atoms with Crippen molar-refractivity contribution >= 4 is 6.09 Å². The van der Waals surface area contributed by atoms with Gasteiger partial charge in [0.15, 0.2) is 0 Å².